The Kier molecular flexibility index (Phi) is 5.42. The largest absolute Gasteiger partial charge is 0.481 e. The SMILES string of the molecule is CS(=O)(=O)c1ccc(NC(=O)NC(=O)CCC(=O)O)cc1. The number of carboxylic acid groups (broad SMARTS) is 1. The number of aliphatic carboxylic acids is 1. The molecule has 0 fully saturated rings. The van der Waals surface area contributed by atoms with Crippen LogP contribution in [-0.2, 0) is 19.4 Å². The van der Waals surface area contributed by atoms with Crippen LogP contribution in [-0.4, -0.2) is 37.7 Å². The molecule has 0 saturated carbocycles. The zero-order valence-corrected chi connectivity index (χ0v) is 11.9. The first kappa shape index (κ1) is 16.6. The number of rotatable bonds is 5. The Morgan fingerprint density at radius 3 is 2.14 bits per heavy atom. The average Bonchev–Trinajstić information content (AvgIpc) is 2.35. The van der Waals surface area contributed by atoms with Crippen LogP contribution in [0.5, 0.6) is 0 Å². The second-order valence-corrected chi connectivity index (χ2v) is 6.21. The maximum Gasteiger partial charge on any atom is 0.325 e. The fourth-order valence-corrected chi connectivity index (χ4v) is 1.99. The Bertz CT molecular complexity index is 651. The van der Waals surface area contributed by atoms with Crippen LogP contribution in [0.4, 0.5) is 10.5 Å². The fourth-order valence-electron chi connectivity index (χ4n) is 1.36. The highest BCUT2D eigenvalue weighted by molar-refractivity contribution is 7.90. The van der Waals surface area contributed by atoms with Gasteiger partial charge in [-0.2, -0.15) is 0 Å². The van der Waals surface area contributed by atoms with Crippen LogP contribution in [0.25, 0.3) is 0 Å². The first-order valence-corrected chi connectivity index (χ1v) is 7.70. The Morgan fingerprint density at radius 2 is 1.67 bits per heavy atom. The zero-order valence-electron chi connectivity index (χ0n) is 11.1. The maximum atomic E-state index is 11.4. The topological polar surface area (TPSA) is 130 Å². The normalized spacial score (nSPS) is 10.7. The Balaban J connectivity index is 2.55. The van der Waals surface area contributed by atoms with E-state index in [1.165, 1.54) is 24.3 Å². The molecule has 0 radical (unpaired) electrons. The van der Waals surface area contributed by atoms with Crippen molar-refractivity contribution in [2.75, 3.05) is 11.6 Å². The molecule has 0 unspecified atom stereocenters. The van der Waals surface area contributed by atoms with E-state index < -0.39 is 27.7 Å². The van der Waals surface area contributed by atoms with Gasteiger partial charge in [0.25, 0.3) is 0 Å². The summed E-state index contributed by atoms with van der Waals surface area (Å²) in [5, 5.41) is 12.7. The maximum absolute atomic E-state index is 11.4. The number of benzene rings is 1. The lowest BCUT2D eigenvalue weighted by molar-refractivity contribution is -0.138. The molecular formula is C12H14N2O6S. The monoisotopic (exact) mass is 314 g/mol. The van der Waals surface area contributed by atoms with Crippen molar-refractivity contribution in [3.05, 3.63) is 24.3 Å². The molecule has 8 nitrogen and oxygen atoms in total. The second-order valence-electron chi connectivity index (χ2n) is 4.19. The van der Waals surface area contributed by atoms with Crippen molar-refractivity contribution in [2.24, 2.45) is 0 Å². The van der Waals surface area contributed by atoms with Crippen LogP contribution in [0.15, 0.2) is 29.2 Å². The van der Waals surface area contributed by atoms with Gasteiger partial charge in [-0.05, 0) is 24.3 Å². The van der Waals surface area contributed by atoms with E-state index in [1.54, 1.807) is 0 Å². The van der Waals surface area contributed by atoms with E-state index in [0.29, 0.717) is 5.69 Å². The number of anilines is 1. The van der Waals surface area contributed by atoms with Gasteiger partial charge in [-0.1, -0.05) is 0 Å². The quantitative estimate of drug-likeness (QED) is 0.730. The van der Waals surface area contributed by atoms with Gasteiger partial charge in [-0.15, -0.1) is 0 Å². The van der Waals surface area contributed by atoms with Gasteiger partial charge in [-0.3, -0.25) is 14.9 Å². The summed E-state index contributed by atoms with van der Waals surface area (Å²) in [5.41, 5.74) is 0.297. The molecule has 0 saturated heterocycles. The summed E-state index contributed by atoms with van der Waals surface area (Å²) < 4.78 is 22.5. The summed E-state index contributed by atoms with van der Waals surface area (Å²) in [6.07, 6.45) is 0.376. The number of hydrogen-bond acceptors (Lipinski definition) is 5. The van der Waals surface area contributed by atoms with Crippen molar-refractivity contribution in [3.63, 3.8) is 0 Å². The van der Waals surface area contributed by atoms with Crippen molar-refractivity contribution < 1.29 is 27.9 Å². The number of carbonyl (C=O) groups excluding carboxylic acids is 2. The van der Waals surface area contributed by atoms with Crippen LogP contribution in [0.2, 0.25) is 0 Å². The number of nitrogens with one attached hydrogen (secondary N) is 2. The number of hydrogen-bond donors (Lipinski definition) is 3. The lowest BCUT2D eigenvalue weighted by atomic mass is 10.3. The van der Waals surface area contributed by atoms with E-state index in [0.717, 1.165) is 6.26 Å². The van der Waals surface area contributed by atoms with Crippen LogP contribution in [0.1, 0.15) is 12.8 Å². The molecule has 0 aliphatic heterocycles. The van der Waals surface area contributed by atoms with Crippen LogP contribution in [0.3, 0.4) is 0 Å². The van der Waals surface area contributed by atoms with Crippen molar-refractivity contribution in [3.8, 4) is 0 Å². The van der Waals surface area contributed by atoms with Crippen LogP contribution >= 0.6 is 0 Å². The molecule has 0 spiro atoms. The first-order chi connectivity index (χ1) is 9.68. The molecular weight excluding hydrogens is 300 g/mol. The number of amides is 3. The summed E-state index contributed by atoms with van der Waals surface area (Å²) >= 11 is 0. The molecule has 1 rings (SSSR count). The summed E-state index contributed by atoms with van der Waals surface area (Å²) in [6, 6.07) is 4.56. The number of imide groups is 1. The second kappa shape index (κ2) is 6.84. The zero-order chi connectivity index (χ0) is 16.0. The Hall–Kier alpha value is -2.42. The molecule has 0 aromatic heterocycles. The van der Waals surface area contributed by atoms with E-state index in [9.17, 15) is 22.8 Å². The van der Waals surface area contributed by atoms with E-state index in [4.69, 9.17) is 5.11 Å². The highest BCUT2D eigenvalue weighted by Crippen LogP contribution is 2.13. The summed E-state index contributed by atoms with van der Waals surface area (Å²) in [7, 11) is -3.32. The minimum atomic E-state index is -3.32. The van der Waals surface area contributed by atoms with Gasteiger partial charge in [0.1, 0.15) is 0 Å². The summed E-state index contributed by atoms with van der Waals surface area (Å²) in [6.45, 7) is 0. The van der Waals surface area contributed by atoms with E-state index >= 15 is 0 Å². The highest BCUT2D eigenvalue weighted by atomic mass is 32.2. The third-order valence-corrected chi connectivity index (χ3v) is 3.49. The predicted octanol–water partition coefficient (Wildman–Crippen LogP) is 0.603. The lowest BCUT2D eigenvalue weighted by Gasteiger charge is -2.06. The first-order valence-electron chi connectivity index (χ1n) is 5.81. The van der Waals surface area contributed by atoms with Gasteiger partial charge in [0.15, 0.2) is 9.84 Å². The van der Waals surface area contributed by atoms with Crippen molar-refractivity contribution in [1.29, 1.82) is 0 Å². The smallest absolute Gasteiger partial charge is 0.325 e. The van der Waals surface area contributed by atoms with Gasteiger partial charge in [0.05, 0.1) is 11.3 Å². The number of carboxylic acids is 1. The molecule has 0 aliphatic rings. The van der Waals surface area contributed by atoms with Crippen molar-refractivity contribution in [2.45, 2.75) is 17.7 Å². The molecule has 21 heavy (non-hydrogen) atoms. The molecule has 0 bridgehead atoms. The predicted molar refractivity (Wildman–Crippen MR) is 73.6 cm³/mol. The molecule has 3 amide bonds. The summed E-state index contributed by atoms with van der Waals surface area (Å²) in [4.78, 5) is 33.0. The third-order valence-electron chi connectivity index (χ3n) is 2.36. The molecule has 0 atom stereocenters. The average molecular weight is 314 g/mol. The molecule has 1 aromatic carbocycles. The molecule has 0 aliphatic carbocycles. The number of urea groups is 1. The molecule has 0 heterocycles. The molecule has 9 heteroatoms. The Morgan fingerprint density at radius 1 is 1.10 bits per heavy atom. The molecule has 1 aromatic rings. The number of carbonyl (C=O) groups is 3. The summed E-state index contributed by atoms with van der Waals surface area (Å²) in [5.74, 6) is -1.86. The lowest BCUT2D eigenvalue weighted by Crippen LogP contribution is -2.34. The minimum absolute atomic E-state index is 0.103. The van der Waals surface area contributed by atoms with Gasteiger partial charge in [0, 0.05) is 18.4 Å². The highest BCUT2D eigenvalue weighted by Gasteiger charge is 2.11. The van der Waals surface area contributed by atoms with Crippen molar-refractivity contribution in [1.82, 2.24) is 5.32 Å². The third kappa shape index (κ3) is 6.04. The van der Waals surface area contributed by atoms with Crippen molar-refractivity contribution >= 4 is 33.4 Å². The Labute approximate surface area is 121 Å². The van der Waals surface area contributed by atoms with Crippen LogP contribution in [0, 0.1) is 0 Å². The standard InChI is InChI=1S/C12H14N2O6S/c1-21(19,20)9-4-2-8(3-5-9)13-12(18)14-10(15)6-7-11(16)17/h2-5H,6-7H2,1H3,(H,16,17)(H2,13,14,15,18). The van der Waals surface area contributed by atoms with E-state index in [2.05, 4.69) is 5.32 Å². The van der Waals surface area contributed by atoms with Gasteiger partial charge in [0.2, 0.25) is 5.91 Å². The van der Waals surface area contributed by atoms with Gasteiger partial charge in [-0.25, -0.2) is 13.2 Å². The molecule has 114 valence electrons. The van der Waals surface area contributed by atoms with Gasteiger partial charge < -0.3 is 10.4 Å². The van der Waals surface area contributed by atoms with Gasteiger partial charge >= 0.3 is 12.0 Å². The molecule has 3 N–H and O–H groups in total. The van der Waals surface area contributed by atoms with E-state index in [-0.39, 0.29) is 17.7 Å². The van der Waals surface area contributed by atoms with Crippen LogP contribution < -0.4 is 10.6 Å². The minimum Gasteiger partial charge on any atom is -0.481 e. The van der Waals surface area contributed by atoms with E-state index in [1.807, 2.05) is 5.32 Å². The number of sulfone groups is 1. The fraction of sp³-hybridized carbons (Fsp3) is 0.250.